The number of fused-ring (bicyclic) bond motifs is 1. The van der Waals surface area contributed by atoms with Crippen LogP contribution in [0.5, 0.6) is 0 Å². The van der Waals surface area contributed by atoms with Gasteiger partial charge in [-0.2, -0.15) is 0 Å². The van der Waals surface area contributed by atoms with Crippen molar-refractivity contribution in [3.05, 3.63) is 51.9 Å². The number of nitrogens with one attached hydrogen (secondary N) is 2. The van der Waals surface area contributed by atoms with Crippen LogP contribution in [0.1, 0.15) is 36.0 Å². The Balaban J connectivity index is 1.65. The predicted octanol–water partition coefficient (Wildman–Crippen LogP) is 0.382. The molecule has 0 atom stereocenters. The SMILES string of the molecule is O=C(CN1C(=O)c2ccccc2C1=O)NCc1cc(C(=O)O)c(NC(=O)C(=O)O)s1. The third-order valence-electron chi connectivity index (χ3n) is 4.07. The Morgan fingerprint density at radius 1 is 1.00 bits per heavy atom. The van der Waals surface area contributed by atoms with Gasteiger partial charge in [-0.15, -0.1) is 11.3 Å². The lowest BCUT2D eigenvalue weighted by molar-refractivity contribution is -0.147. The molecule has 0 fully saturated rings. The van der Waals surface area contributed by atoms with E-state index in [0.717, 1.165) is 16.2 Å². The van der Waals surface area contributed by atoms with Gasteiger partial charge in [0.1, 0.15) is 11.5 Å². The normalized spacial score (nSPS) is 12.5. The molecule has 0 saturated heterocycles. The summed E-state index contributed by atoms with van der Waals surface area (Å²) in [6, 6.07) is 7.35. The van der Waals surface area contributed by atoms with E-state index in [0.29, 0.717) is 4.88 Å². The zero-order valence-electron chi connectivity index (χ0n) is 15.0. The Morgan fingerprint density at radius 3 is 2.13 bits per heavy atom. The minimum Gasteiger partial charge on any atom is -0.478 e. The number of hydrogen-bond donors (Lipinski definition) is 4. The van der Waals surface area contributed by atoms with Gasteiger partial charge >= 0.3 is 17.8 Å². The van der Waals surface area contributed by atoms with Crippen molar-refractivity contribution in [1.29, 1.82) is 0 Å². The molecule has 30 heavy (non-hydrogen) atoms. The van der Waals surface area contributed by atoms with Crippen LogP contribution in [0, 0.1) is 0 Å². The van der Waals surface area contributed by atoms with E-state index in [4.69, 9.17) is 5.11 Å². The largest absolute Gasteiger partial charge is 0.478 e. The van der Waals surface area contributed by atoms with E-state index in [2.05, 4.69) is 5.32 Å². The van der Waals surface area contributed by atoms with Crippen molar-refractivity contribution in [1.82, 2.24) is 10.2 Å². The number of hydrogen-bond acceptors (Lipinski definition) is 7. The van der Waals surface area contributed by atoms with E-state index in [9.17, 15) is 33.9 Å². The third kappa shape index (κ3) is 4.03. The number of carboxylic acids is 2. The lowest BCUT2D eigenvalue weighted by atomic mass is 10.1. The number of aliphatic carboxylic acids is 1. The highest BCUT2D eigenvalue weighted by Crippen LogP contribution is 2.28. The predicted molar refractivity (Wildman–Crippen MR) is 101 cm³/mol. The van der Waals surface area contributed by atoms with E-state index >= 15 is 0 Å². The second-order valence-electron chi connectivity index (χ2n) is 6.04. The van der Waals surface area contributed by atoms with Crippen molar-refractivity contribution in [2.75, 3.05) is 11.9 Å². The van der Waals surface area contributed by atoms with E-state index in [1.807, 2.05) is 5.32 Å². The number of nitrogens with zero attached hydrogens (tertiary/aromatic N) is 1. The maximum Gasteiger partial charge on any atom is 0.394 e. The summed E-state index contributed by atoms with van der Waals surface area (Å²) < 4.78 is 0. The number of aromatic carboxylic acids is 1. The molecule has 0 radical (unpaired) electrons. The van der Waals surface area contributed by atoms with Crippen LogP contribution >= 0.6 is 11.3 Å². The molecule has 0 bridgehead atoms. The first-order chi connectivity index (χ1) is 14.2. The lowest BCUT2D eigenvalue weighted by Gasteiger charge is -2.13. The van der Waals surface area contributed by atoms with Crippen molar-refractivity contribution in [3.8, 4) is 0 Å². The number of imide groups is 1. The first kappa shape index (κ1) is 20.7. The van der Waals surface area contributed by atoms with E-state index < -0.39 is 42.1 Å². The molecule has 4 amide bonds. The Kier molecular flexibility index (Phi) is 5.60. The summed E-state index contributed by atoms with van der Waals surface area (Å²) in [7, 11) is 0. The van der Waals surface area contributed by atoms with Crippen LogP contribution in [0.2, 0.25) is 0 Å². The molecular weight excluding hydrogens is 418 g/mol. The first-order valence-corrected chi connectivity index (χ1v) is 9.13. The van der Waals surface area contributed by atoms with Crippen LogP contribution in [-0.2, 0) is 20.9 Å². The topological polar surface area (TPSA) is 170 Å². The van der Waals surface area contributed by atoms with Gasteiger partial charge in [-0.1, -0.05) is 12.1 Å². The fraction of sp³-hybridized carbons (Fsp3) is 0.111. The molecule has 0 saturated carbocycles. The molecule has 0 unspecified atom stereocenters. The van der Waals surface area contributed by atoms with Crippen molar-refractivity contribution in [2.24, 2.45) is 0 Å². The van der Waals surface area contributed by atoms with Gasteiger partial charge in [-0.25, -0.2) is 9.59 Å². The van der Waals surface area contributed by atoms with Crippen LogP contribution in [0.3, 0.4) is 0 Å². The molecule has 1 aliphatic heterocycles. The van der Waals surface area contributed by atoms with Crippen molar-refractivity contribution in [2.45, 2.75) is 6.54 Å². The smallest absolute Gasteiger partial charge is 0.394 e. The maximum absolute atomic E-state index is 12.3. The summed E-state index contributed by atoms with van der Waals surface area (Å²) in [4.78, 5) is 71.0. The number of carbonyl (C=O) groups is 6. The number of thiophene rings is 1. The van der Waals surface area contributed by atoms with E-state index in [-0.39, 0.29) is 28.2 Å². The molecule has 2 aromatic rings. The molecule has 3 rings (SSSR count). The van der Waals surface area contributed by atoms with Gasteiger partial charge in [-0.05, 0) is 18.2 Å². The highest BCUT2D eigenvalue weighted by molar-refractivity contribution is 7.16. The maximum atomic E-state index is 12.3. The average Bonchev–Trinajstić information content (AvgIpc) is 3.21. The first-order valence-electron chi connectivity index (χ1n) is 8.31. The highest BCUT2D eigenvalue weighted by Gasteiger charge is 2.36. The van der Waals surface area contributed by atoms with Gasteiger partial charge in [-0.3, -0.25) is 24.1 Å². The van der Waals surface area contributed by atoms with Gasteiger partial charge in [0.15, 0.2) is 0 Å². The molecule has 0 spiro atoms. The minimum atomic E-state index is -1.78. The second-order valence-corrected chi connectivity index (χ2v) is 7.18. The van der Waals surface area contributed by atoms with Gasteiger partial charge in [0.05, 0.1) is 23.2 Å². The fourth-order valence-corrected chi connectivity index (χ4v) is 3.69. The summed E-state index contributed by atoms with van der Waals surface area (Å²) >= 11 is 0.771. The fourth-order valence-electron chi connectivity index (χ4n) is 2.71. The van der Waals surface area contributed by atoms with E-state index in [1.54, 1.807) is 12.1 Å². The van der Waals surface area contributed by atoms with Crippen LogP contribution in [0.4, 0.5) is 5.00 Å². The van der Waals surface area contributed by atoms with Gasteiger partial charge in [0, 0.05) is 4.88 Å². The van der Waals surface area contributed by atoms with Crippen LogP contribution in [0.25, 0.3) is 0 Å². The number of amides is 4. The Bertz CT molecular complexity index is 1070. The van der Waals surface area contributed by atoms with E-state index in [1.165, 1.54) is 18.2 Å². The van der Waals surface area contributed by atoms with Gasteiger partial charge in [0.2, 0.25) is 5.91 Å². The van der Waals surface area contributed by atoms with Gasteiger partial charge in [0.25, 0.3) is 11.8 Å². The molecule has 1 aromatic carbocycles. The number of anilines is 1. The minimum absolute atomic E-state index is 0.157. The second kappa shape index (κ2) is 8.13. The number of carboxylic acid groups (broad SMARTS) is 2. The number of benzene rings is 1. The Morgan fingerprint density at radius 2 is 1.60 bits per heavy atom. The van der Waals surface area contributed by atoms with Crippen LogP contribution in [-0.4, -0.2) is 57.2 Å². The molecule has 11 nitrogen and oxygen atoms in total. The molecule has 4 N–H and O–H groups in total. The standard InChI is InChI=1S/C18H13N3O8S/c22-12(7-21-15(24)9-3-1-2-4-10(9)16(21)25)19-6-8-5-11(17(26)27)14(30-8)20-13(23)18(28)29/h1-5H,6-7H2,(H,19,22)(H,20,23)(H,26,27)(H,28,29). The molecule has 1 aliphatic rings. The summed E-state index contributed by atoms with van der Waals surface area (Å²) in [6.45, 7) is -0.679. The Labute approximate surface area is 171 Å². The lowest BCUT2D eigenvalue weighted by Crippen LogP contribution is -2.40. The van der Waals surface area contributed by atoms with Crippen LogP contribution < -0.4 is 10.6 Å². The van der Waals surface area contributed by atoms with Gasteiger partial charge < -0.3 is 20.8 Å². The zero-order chi connectivity index (χ0) is 22.0. The molecule has 2 heterocycles. The molecule has 0 aliphatic carbocycles. The van der Waals surface area contributed by atoms with Crippen molar-refractivity contribution < 1.29 is 39.0 Å². The van der Waals surface area contributed by atoms with Crippen molar-refractivity contribution >= 4 is 51.9 Å². The quantitative estimate of drug-likeness (QED) is 0.376. The Hall–Kier alpha value is -4.06. The molecule has 1 aromatic heterocycles. The number of rotatable bonds is 6. The summed E-state index contributed by atoms with van der Waals surface area (Å²) in [6.07, 6.45) is 0. The third-order valence-corrected chi connectivity index (χ3v) is 5.12. The monoisotopic (exact) mass is 431 g/mol. The summed E-state index contributed by atoms with van der Waals surface area (Å²) in [5.74, 6) is -6.42. The average molecular weight is 431 g/mol. The number of carbonyl (C=O) groups excluding carboxylic acids is 4. The zero-order valence-corrected chi connectivity index (χ0v) is 15.8. The van der Waals surface area contributed by atoms with Crippen molar-refractivity contribution in [3.63, 3.8) is 0 Å². The molecular formula is C18H13N3O8S. The summed E-state index contributed by atoms with van der Waals surface area (Å²) in [5.41, 5.74) is 0.0798. The molecule has 12 heteroatoms. The molecule has 154 valence electrons. The highest BCUT2D eigenvalue weighted by atomic mass is 32.1. The van der Waals surface area contributed by atoms with Crippen LogP contribution in [0.15, 0.2) is 30.3 Å². The summed E-state index contributed by atoms with van der Waals surface area (Å²) in [5, 5.41) is 22.0.